The van der Waals surface area contributed by atoms with Crippen LogP contribution in [-0.2, 0) is 4.79 Å². The molecule has 1 unspecified atom stereocenters. The quantitative estimate of drug-likeness (QED) is 0.608. The highest BCUT2D eigenvalue weighted by atomic mass is 16.1. The van der Waals surface area contributed by atoms with Gasteiger partial charge in [0.2, 0.25) is 0 Å². The van der Waals surface area contributed by atoms with Crippen LogP contribution >= 0.6 is 0 Å². The summed E-state index contributed by atoms with van der Waals surface area (Å²) < 4.78 is 0. The van der Waals surface area contributed by atoms with Crippen LogP contribution in [0.15, 0.2) is 0 Å². The Morgan fingerprint density at radius 1 is 1.12 bits per heavy atom. The summed E-state index contributed by atoms with van der Waals surface area (Å²) in [6.45, 7) is 9.22. The van der Waals surface area contributed by atoms with Crippen LogP contribution in [-0.4, -0.2) is 5.78 Å². The molecule has 0 heterocycles. The van der Waals surface area contributed by atoms with Crippen LogP contribution in [0.2, 0.25) is 0 Å². The van der Waals surface area contributed by atoms with Gasteiger partial charge in [-0.2, -0.15) is 0 Å². The molecule has 3 fully saturated rings. The molecule has 0 amide bonds. The fraction of sp³-hybridized carbons (Fsp3) is 0.933. The van der Waals surface area contributed by atoms with E-state index < -0.39 is 0 Å². The number of rotatable bonds is 0. The van der Waals surface area contributed by atoms with E-state index in [0.717, 1.165) is 18.3 Å². The molecule has 90 valence electrons. The van der Waals surface area contributed by atoms with E-state index in [9.17, 15) is 4.79 Å². The Bertz CT molecular complexity index is 343. The molecule has 1 nitrogen and oxygen atoms in total. The molecule has 0 aromatic rings. The SMILES string of the molecule is CC1CC[C@]23[C@@H](C)CC[C@H]2C(C)(C)[C@@H]3C1=O. The lowest BCUT2D eigenvalue weighted by molar-refractivity contribution is -0.207. The largest absolute Gasteiger partial charge is 0.299 e. The van der Waals surface area contributed by atoms with Crippen molar-refractivity contribution in [1.29, 1.82) is 0 Å². The van der Waals surface area contributed by atoms with Crippen molar-refractivity contribution in [2.45, 2.75) is 53.4 Å². The second-order valence-electron chi connectivity index (χ2n) is 7.24. The first kappa shape index (κ1) is 10.8. The van der Waals surface area contributed by atoms with Gasteiger partial charge in [0.25, 0.3) is 0 Å². The van der Waals surface area contributed by atoms with E-state index in [1.54, 1.807) is 0 Å². The normalized spacial score (nSPS) is 54.1. The highest BCUT2D eigenvalue weighted by molar-refractivity contribution is 5.87. The molecular weight excluding hydrogens is 196 g/mol. The zero-order valence-corrected chi connectivity index (χ0v) is 11.0. The first-order chi connectivity index (χ1) is 7.42. The summed E-state index contributed by atoms with van der Waals surface area (Å²) in [4.78, 5) is 12.5. The summed E-state index contributed by atoms with van der Waals surface area (Å²) in [5, 5.41) is 0. The molecule has 3 rings (SSSR count). The van der Waals surface area contributed by atoms with E-state index in [1.165, 1.54) is 19.3 Å². The van der Waals surface area contributed by atoms with Crippen molar-refractivity contribution in [2.75, 3.05) is 0 Å². The summed E-state index contributed by atoms with van der Waals surface area (Å²) in [6.07, 6.45) is 5.19. The third kappa shape index (κ3) is 0.926. The number of hydrogen-bond donors (Lipinski definition) is 0. The van der Waals surface area contributed by atoms with Gasteiger partial charge in [-0.25, -0.2) is 0 Å². The number of carbonyl (C=O) groups excluding carboxylic acids is 1. The molecule has 3 aliphatic rings. The predicted octanol–water partition coefficient (Wildman–Crippen LogP) is 3.67. The van der Waals surface area contributed by atoms with E-state index in [2.05, 4.69) is 27.7 Å². The fourth-order valence-corrected chi connectivity index (χ4v) is 5.74. The first-order valence-corrected chi connectivity index (χ1v) is 6.96. The third-order valence-electron chi connectivity index (χ3n) is 6.41. The topological polar surface area (TPSA) is 17.1 Å². The second kappa shape index (κ2) is 2.91. The van der Waals surface area contributed by atoms with Crippen molar-refractivity contribution < 1.29 is 4.79 Å². The molecule has 0 radical (unpaired) electrons. The van der Waals surface area contributed by atoms with Crippen LogP contribution in [0.25, 0.3) is 0 Å². The Balaban J connectivity index is 2.04. The minimum absolute atomic E-state index is 0.288. The van der Waals surface area contributed by atoms with E-state index in [1.807, 2.05) is 0 Å². The summed E-state index contributed by atoms with van der Waals surface area (Å²) in [7, 11) is 0. The van der Waals surface area contributed by atoms with E-state index in [0.29, 0.717) is 23.0 Å². The molecule has 0 bridgehead atoms. The van der Waals surface area contributed by atoms with Crippen LogP contribution in [0.5, 0.6) is 0 Å². The smallest absolute Gasteiger partial charge is 0.139 e. The average Bonchev–Trinajstić information content (AvgIpc) is 2.48. The van der Waals surface area contributed by atoms with E-state index >= 15 is 0 Å². The van der Waals surface area contributed by atoms with Crippen LogP contribution < -0.4 is 0 Å². The minimum Gasteiger partial charge on any atom is -0.299 e. The molecule has 0 saturated heterocycles. The fourth-order valence-electron chi connectivity index (χ4n) is 5.74. The number of ketones is 1. The number of carbonyl (C=O) groups is 1. The van der Waals surface area contributed by atoms with Crippen molar-refractivity contribution in [2.24, 2.45) is 34.5 Å². The predicted molar refractivity (Wildman–Crippen MR) is 65.0 cm³/mol. The summed E-state index contributed by atoms with van der Waals surface area (Å²) in [5.41, 5.74) is 0.712. The summed E-state index contributed by atoms with van der Waals surface area (Å²) in [6, 6.07) is 0. The molecule has 3 saturated carbocycles. The van der Waals surface area contributed by atoms with Gasteiger partial charge in [0.15, 0.2) is 0 Å². The lowest BCUT2D eigenvalue weighted by atomic mass is 9.35. The molecule has 0 aliphatic heterocycles. The van der Waals surface area contributed by atoms with E-state index in [-0.39, 0.29) is 5.41 Å². The zero-order valence-electron chi connectivity index (χ0n) is 11.0. The van der Waals surface area contributed by atoms with Gasteiger partial charge in [-0.3, -0.25) is 4.79 Å². The lowest BCUT2D eigenvalue weighted by Crippen LogP contribution is -2.67. The van der Waals surface area contributed by atoms with Crippen molar-refractivity contribution in [3.05, 3.63) is 0 Å². The molecule has 0 aromatic carbocycles. The van der Waals surface area contributed by atoms with Crippen LogP contribution in [0.4, 0.5) is 0 Å². The summed E-state index contributed by atoms with van der Waals surface area (Å²) in [5.74, 6) is 2.90. The van der Waals surface area contributed by atoms with Gasteiger partial charge < -0.3 is 0 Å². The maximum absolute atomic E-state index is 12.5. The Hall–Kier alpha value is -0.330. The maximum atomic E-state index is 12.5. The Morgan fingerprint density at radius 2 is 1.81 bits per heavy atom. The zero-order chi connectivity index (χ0) is 11.7. The molecule has 0 aromatic heterocycles. The average molecular weight is 220 g/mol. The van der Waals surface area contributed by atoms with Crippen molar-refractivity contribution in [1.82, 2.24) is 0 Å². The maximum Gasteiger partial charge on any atom is 0.139 e. The Labute approximate surface area is 99.0 Å². The monoisotopic (exact) mass is 220 g/mol. The molecule has 0 N–H and O–H groups in total. The van der Waals surface area contributed by atoms with Gasteiger partial charge in [0, 0.05) is 11.8 Å². The van der Waals surface area contributed by atoms with Crippen molar-refractivity contribution in [3.8, 4) is 0 Å². The highest BCUT2D eigenvalue weighted by Crippen LogP contribution is 2.76. The van der Waals surface area contributed by atoms with Crippen LogP contribution in [0.3, 0.4) is 0 Å². The van der Waals surface area contributed by atoms with Crippen molar-refractivity contribution in [3.63, 3.8) is 0 Å². The Morgan fingerprint density at radius 3 is 2.50 bits per heavy atom. The number of hydrogen-bond acceptors (Lipinski definition) is 1. The standard InChI is InChI=1S/C15H24O/c1-9-7-8-15-10(2)5-6-11(15)14(3,4)13(15)12(9)16/h9-11,13H,5-8H2,1-4H3/t9?,10-,11-,13-,15-/m0/s1. The van der Waals surface area contributed by atoms with Crippen LogP contribution in [0, 0.1) is 34.5 Å². The molecule has 5 atom stereocenters. The first-order valence-electron chi connectivity index (χ1n) is 6.96. The van der Waals surface area contributed by atoms with Gasteiger partial charge in [-0.15, -0.1) is 0 Å². The third-order valence-corrected chi connectivity index (χ3v) is 6.41. The lowest BCUT2D eigenvalue weighted by Gasteiger charge is -2.68. The molecule has 1 heteroatoms. The number of Topliss-reactive ketones (excluding diaryl/α,β-unsaturated/α-hetero) is 1. The van der Waals surface area contributed by atoms with Gasteiger partial charge in [-0.05, 0) is 48.3 Å². The van der Waals surface area contributed by atoms with E-state index in [4.69, 9.17) is 0 Å². The Kier molecular flexibility index (Phi) is 1.97. The molecule has 3 aliphatic carbocycles. The second-order valence-corrected chi connectivity index (χ2v) is 7.24. The van der Waals surface area contributed by atoms with Gasteiger partial charge in [0.05, 0.1) is 0 Å². The molecular formula is C15H24O. The molecule has 16 heavy (non-hydrogen) atoms. The van der Waals surface area contributed by atoms with Gasteiger partial charge in [-0.1, -0.05) is 27.7 Å². The van der Waals surface area contributed by atoms with Gasteiger partial charge in [0.1, 0.15) is 5.78 Å². The summed E-state index contributed by atoms with van der Waals surface area (Å²) >= 11 is 0. The van der Waals surface area contributed by atoms with Crippen molar-refractivity contribution >= 4 is 5.78 Å². The highest BCUT2D eigenvalue weighted by Gasteiger charge is 2.73. The van der Waals surface area contributed by atoms with Gasteiger partial charge >= 0.3 is 0 Å². The minimum atomic E-state index is 0.288. The molecule has 1 spiro atoms. The van der Waals surface area contributed by atoms with Crippen LogP contribution in [0.1, 0.15) is 53.4 Å².